The van der Waals surface area contributed by atoms with Crippen LogP contribution in [0.1, 0.15) is 37.7 Å². The van der Waals surface area contributed by atoms with E-state index in [0.717, 1.165) is 19.6 Å². The normalized spacial score (nSPS) is 20.5. The van der Waals surface area contributed by atoms with Crippen LogP contribution >= 0.6 is 11.6 Å². The average Bonchev–Trinajstić information content (AvgIpc) is 2.95. The summed E-state index contributed by atoms with van der Waals surface area (Å²) in [6, 6.07) is 6.97. The number of nitriles is 1. The largest absolute Gasteiger partial charge is 0.326 e. The number of likely N-dealkylation sites (tertiary alicyclic amines) is 2. The Balaban J connectivity index is 1.44. The number of nitrogens with zero attached hydrogens (tertiary/aromatic N) is 3. The van der Waals surface area contributed by atoms with Crippen LogP contribution in [0.5, 0.6) is 0 Å². The fourth-order valence-electron chi connectivity index (χ4n) is 4.06. The van der Waals surface area contributed by atoms with Gasteiger partial charge in [-0.05, 0) is 70.6 Å². The molecule has 0 saturated carbocycles. The zero-order valence-electron chi connectivity index (χ0n) is 14.7. The van der Waals surface area contributed by atoms with E-state index in [-0.39, 0.29) is 5.91 Å². The first-order chi connectivity index (χ1) is 12.0. The molecule has 0 aliphatic carbocycles. The summed E-state index contributed by atoms with van der Waals surface area (Å²) in [7, 11) is 2.25. The van der Waals surface area contributed by atoms with Gasteiger partial charge in [0.05, 0.1) is 10.6 Å². The second-order valence-electron chi connectivity index (χ2n) is 7.20. The molecule has 6 heteroatoms. The minimum Gasteiger partial charge on any atom is -0.326 e. The lowest BCUT2D eigenvalue weighted by atomic mass is 9.85. The van der Waals surface area contributed by atoms with Gasteiger partial charge < -0.3 is 15.1 Å². The van der Waals surface area contributed by atoms with E-state index in [1.165, 1.54) is 32.2 Å². The standard InChI is InChI=1S/C19H25ClN4O/c1-23-9-2-6-19(23)7-11-24(12-8-19)10-5-18(25)22-16-4-3-15(14-21)17(20)13-16/h3-4,13H,2,5-12H2,1H3,(H,22,25). The fraction of sp³-hybridized carbons (Fsp3) is 0.579. The number of hydrogen-bond donors (Lipinski definition) is 1. The maximum absolute atomic E-state index is 12.2. The first-order valence-corrected chi connectivity index (χ1v) is 9.33. The number of hydrogen-bond acceptors (Lipinski definition) is 4. The molecule has 1 aromatic rings. The van der Waals surface area contributed by atoms with Gasteiger partial charge >= 0.3 is 0 Å². The van der Waals surface area contributed by atoms with Gasteiger partial charge in [0.1, 0.15) is 6.07 Å². The predicted molar refractivity (Wildman–Crippen MR) is 99.7 cm³/mol. The highest BCUT2D eigenvalue weighted by Gasteiger charge is 2.40. The van der Waals surface area contributed by atoms with Gasteiger partial charge in [0.2, 0.25) is 5.91 Å². The Morgan fingerprint density at radius 1 is 1.32 bits per heavy atom. The van der Waals surface area contributed by atoms with Gasteiger partial charge in [0.25, 0.3) is 0 Å². The number of halogens is 1. The molecule has 3 rings (SSSR count). The highest BCUT2D eigenvalue weighted by Crippen LogP contribution is 2.37. The summed E-state index contributed by atoms with van der Waals surface area (Å²) >= 11 is 6.00. The summed E-state index contributed by atoms with van der Waals surface area (Å²) in [4.78, 5) is 17.1. The molecular formula is C19H25ClN4O. The smallest absolute Gasteiger partial charge is 0.225 e. The van der Waals surface area contributed by atoms with Crippen LogP contribution in [-0.2, 0) is 4.79 Å². The molecule has 2 fully saturated rings. The average molecular weight is 361 g/mol. The monoisotopic (exact) mass is 360 g/mol. The topological polar surface area (TPSA) is 59.4 Å². The van der Waals surface area contributed by atoms with E-state index < -0.39 is 0 Å². The van der Waals surface area contributed by atoms with E-state index in [2.05, 4.69) is 22.2 Å². The van der Waals surface area contributed by atoms with Crippen LogP contribution in [-0.4, -0.2) is 54.5 Å². The van der Waals surface area contributed by atoms with E-state index in [4.69, 9.17) is 16.9 Å². The van der Waals surface area contributed by atoms with Gasteiger partial charge in [0.15, 0.2) is 0 Å². The molecule has 1 N–H and O–H groups in total. The van der Waals surface area contributed by atoms with Crippen LogP contribution in [0.15, 0.2) is 18.2 Å². The first kappa shape index (κ1) is 18.2. The zero-order valence-corrected chi connectivity index (χ0v) is 15.5. The number of carbonyl (C=O) groups excluding carboxylic acids is 1. The van der Waals surface area contributed by atoms with Crippen molar-refractivity contribution in [3.63, 3.8) is 0 Å². The minimum absolute atomic E-state index is 0.0148. The summed E-state index contributed by atoms with van der Waals surface area (Å²) in [5.74, 6) is -0.0148. The Labute approximate surface area is 154 Å². The third kappa shape index (κ3) is 4.14. The molecule has 25 heavy (non-hydrogen) atoms. The third-order valence-electron chi connectivity index (χ3n) is 5.76. The number of carbonyl (C=O) groups is 1. The lowest BCUT2D eigenvalue weighted by Gasteiger charge is -2.43. The zero-order chi connectivity index (χ0) is 17.9. The molecule has 134 valence electrons. The van der Waals surface area contributed by atoms with Gasteiger partial charge in [0, 0.05) is 24.2 Å². The van der Waals surface area contributed by atoms with Crippen molar-refractivity contribution >= 4 is 23.2 Å². The number of amides is 1. The highest BCUT2D eigenvalue weighted by molar-refractivity contribution is 6.32. The lowest BCUT2D eigenvalue weighted by molar-refractivity contribution is -0.116. The van der Waals surface area contributed by atoms with E-state index in [9.17, 15) is 4.79 Å². The van der Waals surface area contributed by atoms with Crippen molar-refractivity contribution < 1.29 is 4.79 Å². The molecule has 0 radical (unpaired) electrons. The summed E-state index contributed by atoms with van der Waals surface area (Å²) in [6.07, 6.45) is 5.51. The molecule has 2 saturated heterocycles. The van der Waals surface area contributed by atoms with Crippen LogP contribution in [0, 0.1) is 11.3 Å². The number of benzene rings is 1. The predicted octanol–water partition coefficient (Wildman–Crippen LogP) is 3.10. The number of anilines is 1. The molecule has 2 heterocycles. The Hall–Kier alpha value is -1.61. The van der Waals surface area contributed by atoms with Gasteiger partial charge in [-0.25, -0.2) is 0 Å². The van der Waals surface area contributed by atoms with Crippen molar-refractivity contribution in [2.24, 2.45) is 0 Å². The number of rotatable bonds is 4. The molecule has 0 bridgehead atoms. The first-order valence-electron chi connectivity index (χ1n) is 8.95. The van der Waals surface area contributed by atoms with Crippen LogP contribution in [0.3, 0.4) is 0 Å². The quantitative estimate of drug-likeness (QED) is 0.896. The molecule has 1 aromatic carbocycles. The molecule has 1 spiro atoms. The maximum Gasteiger partial charge on any atom is 0.225 e. The third-order valence-corrected chi connectivity index (χ3v) is 6.07. The minimum atomic E-state index is -0.0148. The summed E-state index contributed by atoms with van der Waals surface area (Å²) < 4.78 is 0. The second-order valence-corrected chi connectivity index (χ2v) is 7.60. The van der Waals surface area contributed by atoms with Crippen molar-refractivity contribution in [1.82, 2.24) is 9.80 Å². The molecule has 0 aromatic heterocycles. The number of nitrogens with one attached hydrogen (secondary N) is 1. The van der Waals surface area contributed by atoms with Crippen molar-refractivity contribution in [2.45, 2.75) is 37.6 Å². The molecular weight excluding hydrogens is 336 g/mol. The Morgan fingerprint density at radius 2 is 2.08 bits per heavy atom. The summed E-state index contributed by atoms with van der Waals surface area (Å²) in [5.41, 5.74) is 1.47. The van der Waals surface area contributed by atoms with E-state index in [1.54, 1.807) is 18.2 Å². The van der Waals surface area contributed by atoms with E-state index >= 15 is 0 Å². The van der Waals surface area contributed by atoms with E-state index in [1.807, 2.05) is 6.07 Å². The highest BCUT2D eigenvalue weighted by atomic mass is 35.5. The molecule has 5 nitrogen and oxygen atoms in total. The van der Waals surface area contributed by atoms with Gasteiger partial charge in [-0.3, -0.25) is 4.79 Å². The Kier molecular flexibility index (Phi) is 5.63. The Bertz CT molecular complexity index is 676. The number of piperidine rings is 1. The van der Waals surface area contributed by atoms with E-state index in [0.29, 0.717) is 28.2 Å². The molecule has 0 atom stereocenters. The Morgan fingerprint density at radius 3 is 2.68 bits per heavy atom. The van der Waals surface area contributed by atoms with Crippen LogP contribution in [0.2, 0.25) is 5.02 Å². The van der Waals surface area contributed by atoms with Crippen LogP contribution < -0.4 is 5.32 Å². The second kappa shape index (κ2) is 7.74. The maximum atomic E-state index is 12.2. The molecule has 2 aliphatic rings. The summed E-state index contributed by atoms with van der Waals surface area (Å²) in [6.45, 7) is 4.14. The van der Waals surface area contributed by atoms with Gasteiger partial charge in [-0.1, -0.05) is 11.6 Å². The summed E-state index contributed by atoms with van der Waals surface area (Å²) in [5, 5.41) is 12.1. The van der Waals surface area contributed by atoms with Crippen molar-refractivity contribution in [3.8, 4) is 6.07 Å². The fourth-order valence-corrected chi connectivity index (χ4v) is 4.29. The molecule has 2 aliphatic heterocycles. The van der Waals surface area contributed by atoms with Gasteiger partial charge in [-0.2, -0.15) is 5.26 Å². The van der Waals surface area contributed by atoms with Crippen LogP contribution in [0.25, 0.3) is 0 Å². The SMILES string of the molecule is CN1CCCC12CCN(CCC(=O)Nc1ccc(C#N)c(Cl)c1)CC2. The van der Waals surface area contributed by atoms with Crippen molar-refractivity contribution in [2.75, 3.05) is 38.5 Å². The molecule has 0 unspecified atom stereocenters. The van der Waals surface area contributed by atoms with Crippen LogP contribution in [0.4, 0.5) is 5.69 Å². The van der Waals surface area contributed by atoms with Crippen molar-refractivity contribution in [3.05, 3.63) is 28.8 Å². The lowest BCUT2D eigenvalue weighted by Crippen LogP contribution is -2.50. The van der Waals surface area contributed by atoms with Gasteiger partial charge in [-0.15, -0.1) is 0 Å². The molecule has 1 amide bonds. The van der Waals surface area contributed by atoms with Crippen molar-refractivity contribution in [1.29, 1.82) is 5.26 Å².